The van der Waals surface area contributed by atoms with Crippen LogP contribution in [0.2, 0.25) is 0 Å². The van der Waals surface area contributed by atoms with Crippen LogP contribution in [0.4, 0.5) is 11.6 Å². The Morgan fingerprint density at radius 1 is 1.35 bits per heavy atom. The van der Waals surface area contributed by atoms with Crippen molar-refractivity contribution in [3.8, 4) is 0 Å². The van der Waals surface area contributed by atoms with E-state index in [-0.39, 0.29) is 6.61 Å². The van der Waals surface area contributed by atoms with Gasteiger partial charge in [-0.2, -0.15) is 0 Å². The highest BCUT2D eigenvalue weighted by Crippen LogP contribution is 2.30. The minimum Gasteiger partial charge on any atom is -0.396 e. The Morgan fingerprint density at radius 3 is 2.95 bits per heavy atom. The van der Waals surface area contributed by atoms with Gasteiger partial charge < -0.3 is 20.6 Å². The molecule has 1 fully saturated rings. The van der Waals surface area contributed by atoms with E-state index in [1.165, 1.54) is 12.8 Å². The Kier molecular flexibility index (Phi) is 3.73. The monoisotopic (exact) mass is 275 g/mol. The summed E-state index contributed by atoms with van der Waals surface area (Å²) in [7, 11) is 0. The summed E-state index contributed by atoms with van der Waals surface area (Å²) in [6.07, 6.45) is 10.1. The highest BCUT2D eigenvalue weighted by Gasteiger charge is 2.24. The summed E-state index contributed by atoms with van der Waals surface area (Å²) < 4.78 is 1.87. The maximum Gasteiger partial charge on any atom is 0.180 e. The second kappa shape index (κ2) is 5.66. The molecule has 108 valence electrons. The molecule has 2 aromatic rings. The lowest BCUT2D eigenvalue weighted by atomic mass is 9.79. The van der Waals surface area contributed by atoms with Crippen LogP contribution in [-0.2, 0) is 0 Å². The van der Waals surface area contributed by atoms with Gasteiger partial charge in [0.2, 0.25) is 0 Å². The Bertz CT molecular complexity index is 582. The van der Waals surface area contributed by atoms with E-state index >= 15 is 0 Å². The highest BCUT2D eigenvalue weighted by atomic mass is 16.3. The summed E-state index contributed by atoms with van der Waals surface area (Å²) >= 11 is 0. The molecule has 1 saturated carbocycles. The van der Waals surface area contributed by atoms with Crippen molar-refractivity contribution in [1.29, 1.82) is 0 Å². The Balaban J connectivity index is 1.74. The van der Waals surface area contributed by atoms with E-state index in [1.54, 1.807) is 12.4 Å². The van der Waals surface area contributed by atoms with Gasteiger partial charge in [-0.3, -0.25) is 0 Å². The van der Waals surface area contributed by atoms with E-state index < -0.39 is 0 Å². The molecule has 2 heterocycles. The molecule has 1 aliphatic rings. The zero-order valence-electron chi connectivity index (χ0n) is 11.5. The third kappa shape index (κ3) is 2.56. The van der Waals surface area contributed by atoms with Crippen LogP contribution in [0.3, 0.4) is 0 Å². The summed E-state index contributed by atoms with van der Waals surface area (Å²) in [5.74, 6) is 2.08. The Labute approximate surface area is 118 Å². The fraction of sp³-hybridized carbons (Fsp3) is 0.571. The number of imidazole rings is 1. The number of aliphatic hydroxyl groups is 1. The summed E-state index contributed by atoms with van der Waals surface area (Å²) in [5, 5.41) is 12.8. The van der Waals surface area contributed by atoms with Crippen LogP contribution in [0.5, 0.6) is 0 Å². The average molecular weight is 275 g/mol. The number of fused-ring (bicyclic) bond motifs is 1. The summed E-state index contributed by atoms with van der Waals surface area (Å²) in [6, 6.07) is 0. The lowest BCUT2D eigenvalue weighted by molar-refractivity contribution is 0.141. The van der Waals surface area contributed by atoms with Gasteiger partial charge in [0.05, 0.1) is 6.20 Å². The summed E-state index contributed by atoms with van der Waals surface area (Å²) in [5.41, 5.74) is 6.59. The fourth-order valence-corrected chi connectivity index (χ4v) is 3.09. The molecular formula is C14H21N5O. The molecule has 0 radical (unpaired) electrons. The lowest BCUT2D eigenvalue weighted by Gasteiger charge is -2.30. The first-order valence-electron chi connectivity index (χ1n) is 7.22. The predicted molar refractivity (Wildman–Crippen MR) is 78.4 cm³/mol. The zero-order valence-corrected chi connectivity index (χ0v) is 11.5. The minimum atomic E-state index is 0.273. The van der Waals surface area contributed by atoms with E-state index in [1.807, 2.05) is 10.6 Å². The van der Waals surface area contributed by atoms with Gasteiger partial charge in [-0.25, -0.2) is 9.97 Å². The number of hydrogen-bond donors (Lipinski definition) is 3. The number of hydrogen-bond acceptors (Lipinski definition) is 5. The van der Waals surface area contributed by atoms with Crippen LogP contribution in [0.25, 0.3) is 5.65 Å². The molecule has 1 aliphatic carbocycles. The molecule has 0 amide bonds. The van der Waals surface area contributed by atoms with Gasteiger partial charge in [0.15, 0.2) is 11.5 Å². The van der Waals surface area contributed by atoms with E-state index in [0.717, 1.165) is 30.9 Å². The van der Waals surface area contributed by atoms with E-state index in [9.17, 15) is 5.11 Å². The molecule has 2 atom stereocenters. The number of aromatic nitrogens is 3. The number of rotatable bonds is 4. The molecular weight excluding hydrogens is 254 g/mol. The molecule has 4 N–H and O–H groups in total. The predicted octanol–water partition coefficient (Wildman–Crippen LogP) is 1.52. The first kappa shape index (κ1) is 13.2. The zero-order chi connectivity index (χ0) is 13.9. The van der Waals surface area contributed by atoms with Crippen molar-refractivity contribution in [2.75, 3.05) is 24.2 Å². The number of nitrogens with two attached hydrogens (primary N) is 1. The lowest BCUT2D eigenvalue weighted by Crippen LogP contribution is -2.29. The van der Waals surface area contributed by atoms with Crippen molar-refractivity contribution < 1.29 is 5.11 Å². The first-order chi connectivity index (χ1) is 9.78. The number of aliphatic hydroxyl groups excluding tert-OH is 1. The molecule has 0 bridgehead atoms. The SMILES string of the molecule is Nc1cn2ccnc2c(NCC2CCCCC2CO)n1. The fourth-order valence-electron chi connectivity index (χ4n) is 3.09. The minimum absolute atomic E-state index is 0.273. The van der Waals surface area contributed by atoms with Crippen molar-refractivity contribution in [2.45, 2.75) is 25.7 Å². The standard InChI is InChI=1S/C14H21N5O/c15-12-8-19-6-5-16-14(19)13(18-12)17-7-10-3-1-2-4-11(10)9-20/h5-6,8,10-11,20H,1-4,7,9,15H2,(H,17,18). The van der Waals surface area contributed by atoms with Gasteiger partial charge in [0, 0.05) is 25.5 Å². The number of nitrogen functional groups attached to an aromatic ring is 1. The van der Waals surface area contributed by atoms with Crippen LogP contribution < -0.4 is 11.1 Å². The molecule has 3 rings (SSSR count). The Hall–Kier alpha value is -1.82. The number of nitrogens with one attached hydrogen (secondary N) is 1. The van der Waals surface area contributed by atoms with E-state index in [4.69, 9.17) is 5.73 Å². The second-order valence-corrected chi connectivity index (χ2v) is 5.54. The van der Waals surface area contributed by atoms with Gasteiger partial charge in [0.1, 0.15) is 5.82 Å². The van der Waals surface area contributed by atoms with E-state index in [0.29, 0.717) is 17.7 Å². The molecule has 6 heteroatoms. The quantitative estimate of drug-likeness (QED) is 0.787. The molecule has 2 unspecified atom stereocenters. The molecule has 2 aromatic heterocycles. The van der Waals surface area contributed by atoms with Gasteiger partial charge in [-0.1, -0.05) is 12.8 Å². The van der Waals surface area contributed by atoms with Crippen LogP contribution in [0.1, 0.15) is 25.7 Å². The number of anilines is 2. The van der Waals surface area contributed by atoms with Crippen molar-refractivity contribution in [3.63, 3.8) is 0 Å². The molecule has 0 spiro atoms. The van der Waals surface area contributed by atoms with Crippen molar-refractivity contribution >= 4 is 17.3 Å². The van der Waals surface area contributed by atoms with Gasteiger partial charge in [-0.15, -0.1) is 0 Å². The Morgan fingerprint density at radius 2 is 2.15 bits per heavy atom. The molecule has 0 aliphatic heterocycles. The molecule has 20 heavy (non-hydrogen) atoms. The van der Waals surface area contributed by atoms with Crippen molar-refractivity contribution in [3.05, 3.63) is 18.6 Å². The van der Waals surface area contributed by atoms with Crippen LogP contribution in [0.15, 0.2) is 18.6 Å². The maximum atomic E-state index is 9.46. The van der Waals surface area contributed by atoms with Crippen LogP contribution in [0, 0.1) is 11.8 Å². The third-order valence-corrected chi connectivity index (χ3v) is 4.23. The van der Waals surface area contributed by atoms with Crippen molar-refractivity contribution in [1.82, 2.24) is 14.4 Å². The third-order valence-electron chi connectivity index (χ3n) is 4.23. The van der Waals surface area contributed by atoms with Crippen LogP contribution in [-0.4, -0.2) is 32.6 Å². The highest BCUT2D eigenvalue weighted by molar-refractivity contribution is 5.64. The molecule has 6 nitrogen and oxygen atoms in total. The molecule has 0 saturated heterocycles. The van der Waals surface area contributed by atoms with E-state index in [2.05, 4.69) is 15.3 Å². The van der Waals surface area contributed by atoms with Gasteiger partial charge in [-0.05, 0) is 24.7 Å². The summed E-state index contributed by atoms with van der Waals surface area (Å²) in [6.45, 7) is 1.08. The smallest absolute Gasteiger partial charge is 0.180 e. The largest absolute Gasteiger partial charge is 0.396 e. The maximum absolute atomic E-state index is 9.46. The van der Waals surface area contributed by atoms with Crippen LogP contribution >= 0.6 is 0 Å². The number of nitrogens with zero attached hydrogens (tertiary/aromatic N) is 3. The molecule has 0 aromatic carbocycles. The second-order valence-electron chi connectivity index (χ2n) is 5.54. The topological polar surface area (TPSA) is 88.5 Å². The van der Waals surface area contributed by atoms with Gasteiger partial charge >= 0.3 is 0 Å². The van der Waals surface area contributed by atoms with Gasteiger partial charge in [0.25, 0.3) is 0 Å². The summed E-state index contributed by atoms with van der Waals surface area (Å²) in [4.78, 5) is 8.63. The average Bonchev–Trinajstić information content (AvgIpc) is 2.93. The normalized spacial score (nSPS) is 23.1. The first-order valence-corrected chi connectivity index (χ1v) is 7.22. The van der Waals surface area contributed by atoms with Crippen molar-refractivity contribution in [2.24, 2.45) is 11.8 Å².